The standard InChI is InChI=1S/C15H18F2N6OS/c1-8(13(24)19-11-6-9(16)4-5-10(11)17)25-7-12-20-14(18)22-15(21-12)23(2)3/h4-6,8H,7H2,1-3H3,(H,19,24)(H2,18,20,21,22). The van der Waals surface area contributed by atoms with Gasteiger partial charge in [0, 0.05) is 20.2 Å². The largest absolute Gasteiger partial charge is 0.368 e. The number of amides is 1. The third-order valence-corrected chi connectivity index (χ3v) is 4.24. The van der Waals surface area contributed by atoms with E-state index in [4.69, 9.17) is 5.73 Å². The molecule has 3 N–H and O–H groups in total. The fraction of sp³-hybridized carbons (Fsp3) is 0.333. The molecule has 1 heterocycles. The molecule has 0 fully saturated rings. The lowest BCUT2D eigenvalue weighted by Crippen LogP contribution is -2.23. The number of nitrogen functional groups attached to an aromatic ring is 1. The molecule has 0 bridgehead atoms. The van der Waals surface area contributed by atoms with E-state index in [0.29, 0.717) is 17.5 Å². The van der Waals surface area contributed by atoms with E-state index < -0.39 is 22.8 Å². The van der Waals surface area contributed by atoms with E-state index in [0.717, 1.165) is 18.2 Å². The molecule has 25 heavy (non-hydrogen) atoms. The molecule has 0 radical (unpaired) electrons. The molecule has 7 nitrogen and oxygen atoms in total. The Morgan fingerprint density at radius 1 is 1.32 bits per heavy atom. The first-order chi connectivity index (χ1) is 11.8. The molecule has 1 aromatic heterocycles. The molecule has 0 spiro atoms. The van der Waals surface area contributed by atoms with E-state index in [1.807, 2.05) is 0 Å². The minimum absolute atomic E-state index is 0.0910. The molecule has 0 aliphatic heterocycles. The average Bonchev–Trinajstić information content (AvgIpc) is 2.55. The molecule has 10 heteroatoms. The molecular formula is C15H18F2N6OS. The van der Waals surface area contributed by atoms with Crippen LogP contribution in [0.25, 0.3) is 0 Å². The van der Waals surface area contributed by atoms with E-state index in [9.17, 15) is 13.6 Å². The van der Waals surface area contributed by atoms with E-state index in [-0.39, 0.29) is 11.6 Å². The number of anilines is 3. The van der Waals surface area contributed by atoms with Crippen LogP contribution in [0.1, 0.15) is 12.7 Å². The van der Waals surface area contributed by atoms with Crippen LogP contribution in [0.2, 0.25) is 0 Å². The van der Waals surface area contributed by atoms with Crippen LogP contribution >= 0.6 is 11.8 Å². The zero-order valence-corrected chi connectivity index (χ0v) is 14.8. The van der Waals surface area contributed by atoms with E-state index >= 15 is 0 Å². The number of nitrogens with one attached hydrogen (secondary N) is 1. The number of carbonyl (C=O) groups is 1. The van der Waals surface area contributed by atoms with Crippen LogP contribution in [0.15, 0.2) is 18.2 Å². The molecular weight excluding hydrogens is 350 g/mol. The van der Waals surface area contributed by atoms with Crippen molar-refractivity contribution in [2.45, 2.75) is 17.9 Å². The normalized spacial score (nSPS) is 11.9. The monoisotopic (exact) mass is 368 g/mol. The van der Waals surface area contributed by atoms with Crippen LogP contribution < -0.4 is 16.0 Å². The smallest absolute Gasteiger partial charge is 0.237 e. The number of thioether (sulfide) groups is 1. The minimum atomic E-state index is -0.701. The van der Waals surface area contributed by atoms with Gasteiger partial charge in [-0.05, 0) is 19.1 Å². The Bertz CT molecular complexity index is 774. The topological polar surface area (TPSA) is 97.0 Å². The van der Waals surface area contributed by atoms with Gasteiger partial charge in [-0.25, -0.2) is 8.78 Å². The molecule has 1 atom stereocenters. The summed E-state index contributed by atoms with van der Waals surface area (Å²) in [7, 11) is 3.55. The Morgan fingerprint density at radius 3 is 2.72 bits per heavy atom. The highest BCUT2D eigenvalue weighted by Crippen LogP contribution is 2.20. The molecule has 134 valence electrons. The van der Waals surface area contributed by atoms with Crippen LogP contribution in [0.5, 0.6) is 0 Å². The zero-order chi connectivity index (χ0) is 18.6. The number of nitrogens with zero attached hydrogens (tertiary/aromatic N) is 4. The summed E-state index contributed by atoms with van der Waals surface area (Å²) in [5, 5.41) is 1.83. The highest BCUT2D eigenvalue weighted by Gasteiger charge is 2.17. The van der Waals surface area contributed by atoms with Crippen molar-refractivity contribution < 1.29 is 13.6 Å². The lowest BCUT2D eigenvalue weighted by Gasteiger charge is -2.14. The molecule has 1 aromatic carbocycles. The number of hydrogen-bond acceptors (Lipinski definition) is 7. The van der Waals surface area contributed by atoms with Crippen LogP contribution in [0.4, 0.5) is 26.4 Å². The van der Waals surface area contributed by atoms with Gasteiger partial charge in [-0.2, -0.15) is 15.0 Å². The Kier molecular flexibility index (Phi) is 6.07. The van der Waals surface area contributed by atoms with Crippen LogP contribution in [0.3, 0.4) is 0 Å². The van der Waals surface area contributed by atoms with Crippen LogP contribution in [-0.2, 0) is 10.5 Å². The van der Waals surface area contributed by atoms with E-state index in [1.54, 1.807) is 25.9 Å². The van der Waals surface area contributed by atoms with Crippen molar-refractivity contribution in [3.63, 3.8) is 0 Å². The van der Waals surface area contributed by atoms with Crippen molar-refractivity contribution in [1.29, 1.82) is 0 Å². The number of rotatable bonds is 6. The van der Waals surface area contributed by atoms with Gasteiger partial charge >= 0.3 is 0 Å². The highest BCUT2D eigenvalue weighted by atomic mass is 32.2. The fourth-order valence-electron chi connectivity index (χ4n) is 1.79. The average molecular weight is 368 g/mol. The van der Waals surface area contributed by atoms with E-state index in [2.05, 4.69) is 20.3 Å². The Hall–Kier alpha value is -2.49. The van der Waals surface area contributed by atoms with Gasteiger partial charge in [-0.1, -0.05) is 0 Å². The number of benzene rings is 1. The third kappa shape index (κ3) is 5.24. The lowest BCUT2D eigenvalue weighted by atomic mass is 10.3. The first-order valence-corrected chi connectivity index (χ1v) is 8.36. The molecule has 0 aliphatic carbocycles. The summed E-state index contributed by atoms with van der Waals surface area (Å²) in [5.74, 6) is -0.535. The van der Waals surface area contributed by atoms with Crippen molar-refractivity contribution >= 4 is 35.3 Å². The van der Waals surface area contributed by atoms with Crippen molar-refractivity contribution in [3.8, 4) is 0 Å². The van der Waals surface area contributed by atoms with Gasteiger partial charge < -0.3 is 16.0 Å². The predicted octanol–water partition coefficient (Wildman–Crippen LogP) is 2.06. The van der Waals surface area contributed by atoms with Crippen molar-refractivity contribution in [2.75, 3.05) is 30.0 Å². The minimum Gasteiger partial charge on any atom is -0.368 e. The van der Waals surface area contributed by atoms with E-state index in [1.165, 1.54) is 11.8 Å². The highest BCUT2D eigenvalue weighted by molar-refractivity contribution is 7.99. The van der Waals surface area contributed by atoms with Gasteiger partial charge in [0.05, 0.1) is 16.7 Å². The Morgan fingerprint density at radius 2 is 2.04 bits per heavy atom. The van der Waals surface area contributed by atoms with Crippen LogP contribution in [-0.4, -0.2) is 40.2 Å². The number of hydrogen-bond donors (Lipinski definition) is 2. The second-order valence-corrected chi connectivity index (χ2v) is 6.70. The molecule has 1 unspecified atom stereocenters. The molecule has 2 rings (SSSR count). The maximum Gasteiger partial charge on any atom is 0.237 e. The maximum absolute atomic E-state index is 13.6. The molecule has 2 aromatic rings. The van der Waals surface area contributed by atoms with Crippen molar-refractivity contribution in [2.24, 2.45) is 0 Å². The summed E-state index contributed by atoms with van der Waals surface area (Å²) in [6.45, 7) is 1.65. The quantitative estimate of drug-likeness (QED) is 0.805. The summed E-state index contributed by atoms with van der Waals surface area (Å²) in [6.07, 6.45) is 0. The SMILES string of the molecule is CC(SCc1nc(N)nc(N(C)C)n1)C(=O)Nc1cc(F)ccc1F. The van der Waals surface area contributed by atoms with Gasteiger partial charge in [0.1, 0.15) is 17.5 Å². The number of nitrogens with two attached hydrogens (primary N) is 1. The summed E-state index contributed by atoms with van der Waals surface area (Å²) >= 11 is 1.24. The summed E-state index contributed by atoms with van der Waals surface area (Å²) in [6, 6.07) is 2.87. The Balaban J connectivity index is 1.99. The number of carbonyl (C=O) groups excluding carboxylic acids is 1. The first-order valence-electron chi connectivity index (χ1n) is 7.31. The van der Waals surface area contributed by atoms with Crippen LogP contribution in [0, 0.1) is 11.6 Å². The van der Waals surface area contributed by atoms with Gasteiger partial charge in [-0.3, -0.25) is 4.79 Å². The molecule has 0 saturated heterocycles. The fourth-order valence-corrected chi connectivity index (χ4v) is 2.53. The van der Waals surface area contributed by atoms with Crippen molar-refractivity contribution in [3.05, 3.63) is 35.7 Å². The molecule has 1 amide bonds. The second kappa shape index (κ2) is 8.06. The van der Waals surface area contributed by atoms with Gasteiger partial charge in [0.2, 0.25) is 17.8 Å². The number of halogens is 2. The second-order valence-electron chi connectivity index (χ2n) is 5.37. The number of aromatic nitrogens is 3. The summed E-state index contributed by atoms with van der Waals surface area (Å²) < 4.78 is 26.7. The zero-order valence-electron chi connectivity index (χ0n) is 14.0. The predicted molar refractivity (Wildman–Crippen MR) is 94.3 cm³/mol. The molecule has 0 saturated carbocycles. The van der Waals surface area contributed by atoms with Crippen molar-refractivity contribution in [1.82, 2.24) is 15.0 Å². The summed E-state index contributed by atoms with van der Waals surface area (Å²) in [4.78, 5) is 26.1. The molecule has 0 aliphatic rings. The Labute approximate surface area is 148 Å². The summed E-state index contributed by atoms with van der Waals surface area (Å²) in [5.41, 5.74) is 5.44. The van der Waals surface area contributed by atoms with Gasteiger partial charge in [0.15, 0.2) is 0 Å². The lowest BCUT2D eigenvalue weighted by molar-refractivity contribution is -0.115. The third-order valence-electron chi connectivity index (χ3n) is 3.11. The van der Waals surface area contributed by atoms with Gasteiger partial charge in [0.25, 0.3) is 0 Å². The first kappa shape index (κ1) is 18.8. The maximum atomic E-state index is 13.6. The van der Waals surface area contributed by atoms with Gasteiger partial charge in [-0.15, -0.1) is 11.8 Å².